The lowest BCUT2D eigenvalue weighted by Crippen LogP contribution is -2.54. The van der Waals surface area contributed by atoms with E-state index in [4.69, 9.17) is 11.5 Å². The van der Waals surface area contributed by atoms with Gasteiger partial charge in [0, 0.05) is 0 Å². The molecule has 0 radical (unpaired) electrons. The van der Waals surface area contributed by atoms with Crippen LogP contribution in [0, 0.1) is 0 Å². The van der Waals surface area contributed by atoms with Crippen molar-refractivity contribution in [2.24, 2.45) is 11.5 Å². The lowest BCUT2D eigenvalue weighted by molar-refractivity contribution is -0.311. The van der Waals surface area contributed by atoms with Gasteiger partial charge in [0.2, 0.25) is 0 Å². The highest BCUT2D eigenvalue weighted by Crippen LogP contribution is 2.08. The lowest BCUT2D eigenvalue weighted by atomic mass is 9.95. The largest absolute Gasteiger partial charge is 0.548 e. The van der Waals surface area contributed by atoms with Gasteiger partial charge in [-0.25, -0.2) is 0 Å². The summed E-state index contributed by atoms with van der Waals surface area (Å²) in [6.07, 6.45) is 2.00. The summed E-state index contributed by atoms with van der Waals surface area (Å²) in [4.78, 5) is 10.4. The van der Waals surface area contributed by atoms with Gasteiger partial charge in [-0.2, -0.15) is 0 Å². The number of nitrogens with two attached hydrogens (primary N) is 2. The van der Waals surface area contributed by atoms with E-state index >= 15 is 0 Å². The Balaban J connectivity index is 4.10. The molecule has 0 amide bonds. The zero-order valence-corrected chi connectivity index (χ0v) is 6.38. The summed E-state index contributed by atoms with van der Waals surface area (Å²) in [5.41, 5.74) is 9.16. The molecular formula is C7H13N2O2-. The van der Waals surface area contributed by atoms with Crippen molar-refractivity contribution >= 4 is 5.97 Å². The van der Waals surface area contributed by atoms with Crippen LogP contribution in [0.25, 0.3) is 0 Å². The zero-order chi connectivity index (χ0) is 8.91. The van der Waals surface area contributed by atoms with Crippen molar-refractivity contribution in [2.75, 3.05) is 6.54 Å². The maximum atomic E-state index is 10.4. The highest BCUT2D eigenvalue weighted by atomic mass is 16.4. The summed E-state index contributed by atoms with van der Waals surface area (Å²) in [5.74, 6) is -1.30. The minimum absolute atomic E-state index is 0.273. The molecule has 0 aliphatic heterocycles. The van der Waals surface area contributed by atoms with Gasteiger partial charge in [-0.05, 0) is 19.4 Å². The molecule has 0 spiro atoms. The molecule has 0 aromatic heterocycles. The summed E-state index contributed by atoms with van der Waals surface area (Å²) in [6.45, 7) is 3.74. The van der Waals surface area contributed by atoms with Gasteiger partial charge in [-0.3, -0.25) is 0 Å². The fourth-order valence-electron chi connectivity index (χ4n) is 0.682. The molecule has 4 heteroatoms. The maximum Gasteiger partial charge on any atom is 0.0739 e. The number of carboxylic acids is 1. The standard InChI is InChI=1S/C7H14N2O2/c1-2-7(9,6(10)11)4-3-5-8/h2H,1,3-5,8-9H2,(H,10,11)/p-1/t7-/m0/s1. The molecule has 1 atom stereocenters. The second-order valence-electron chi connectivity index (χ2n) is 2.42. The molecule has 4 nitrogen and oxygen atoms in total. The van der Waals surface area contributed by atoms with Crippen molar-refractivity contribution in [1.82, 2.24) is 0 Å². The van der Waals surface area contributed by atoms with Crippen LogP contribution in [0.1, 0.15) is 12.8 Å². The number of hydrogen-bond acceptors (Lipinski definition) is 4. The zero-order valence-electron chi connectivity index (χ0n) is 6.38. The van der Waals surface area contributed by atoms with Gasteiger partial charge in [0.05, 0.1) is 11.5 Å². The number of carboxylic acid groups (broad SMARTS) is 1. The fraction of sp³-hybridized carbons (Fsp3) is 0.571. The Kier molecular flexibility index (Phi) is 3.78. The van der Waals surface area contributed by atoms with E-state index < -0.39 is 11.5 Å². The van der Waals surface area contributed by atoms with Crippen LogP contribution < -0.4 is 16.6 Å². The first kappa shape index (κ1) is 10.1. The Hall–Kier alpha value is -0.870. The number of rotatable bonds is 5. The molecule has 0 aliphatic carbocycles. The third-order valence-corrected chi connectivity index (χ3v) is 1.54. The molecule has 0 aromatic rings. The number of carbonyl (C=O) groups excluding carboxylic acids is 1. The first-order valence-corrected chi connectivity index (χ1v) is 3.41. The van der Waals surface area contributed by atoms with E-state index in [1.54, 1.807) is 0 Å². The van der Waals surface area contributed by atoms with Gasteiger partial charge < -0.3 is 21.4 Å². The van der Waals surface area contributed by atoms with Crippen molar-refractivity contribution < 1.29 is 9.90 Å². The van der Waals surface area contributed by atoms with Crippen molar-refractivity contribution in [3.63, 3.8) is 0 Å². The molecule has 0 unspecified atom stereocenters. The van der Waals surface area contributed by atoms with Gasteiger partial charge in [0.25, 0.3) is 0 Å². The van der Waals surface area contributed by atoms with Gasteiger partial charge in [-0.15, -0.1) is 6.58 Å². The summed E-state index contributed by atoms with van der Waals surface area (Å²) < 4.78 is 0. The van der Waals surface area contributed by atoms with Crippen LogP contribution in [0.4, 0.5) is 0 Å². The first-order valence-electron chi connectivity index (χ1n) is 3.41. The minimum Gasteiger partial charge on any atom is -0.548 e. The Morgan fingerprint density at radius 1 is 1.73 bits per heavy atom. The van der Waals surface area contributed by atoms with E-state index in [9.17, 15) is 9.90 Å². The smallest absolute Gasteiger partial charge is 0.0739 e. The number of carbonyl (C=O) groups is 1. The third-order valence-electron chi connectivity index (χ3n) is 1.54. The summed E-state index contributed by atoms with van der Waals surface area (Å²) in [5, 5.41) is 10.4. The van der Waals surface area contributed by atoms with Crippen LogP contribution in [0.2, 0.25) is 0 Å². The van der Waals surface area contributed by atoms with E-state index in [2.05, 4.69) is 6.58 Å². The maximum absolute atomic E-state index is 10.4. The quantitative estimate of drug-likeness (QED) is 0.468. The molecule has 4 N–H and O–H groups in total. The van der Waals surface area contributed by atoms with Crippen LogP contribution in [-0.4, -0.2) is 18.1 Å². The highest BCUT2D eigenvalue weighted by molar-refractivity contribution is 5.78. The SMILES string of the molecule is C=C[C@](N)(CCCN)C(=O)[O-]. The summed E-state index contributed by atoms with van der Waals surface area (Å²) in [7, 11) is 0. The predicted molar refractivity (Wildman–Crippen MR) is 40.4 cm³/mol. The number of hydrogen-bond donors (Lipinski definition) is 2. The molecule has 0 rings (SSSR count). The van der Waals surface area contributed by atoms with Gasteiger partial charge in [0.1, 0.15) is 0 Å². The van der Waals surface area contributed by atoms with Crippen LogP contribution in [0.3, 0.4) is 0 Å². The Morgan fingerprint density at radius 2 is 2.27 bits per heavy atom. The molecule has 64 valence electrons. The number of aliphatic carboxylic acids is 1. The normalized spacial score (nSPS) is 15.5. The van der Waals surface area contributed by atoms with Crippen molar-refractivity contribution in [1.29, 1.82) is 0 Å². The van der Waals surface area contributed by atoms with Crippen LogP contribution in [0.15, 0.2) is 12.7 Å². The average molecular weight is 157 g/mol. The Morgan fingerprint density at radius 3 is 2.55 bits per heavy atom. The molecule has 11 heavy (non-hydrogen) atoms. The summed E-state index contributed by atoms with van der Waals surface area (Å²) in [6, 6.07) is 0. The molecule has 0 bridgehead atoms. The lowest BCUT2D eigenvalue weighted by Gasteiger charge is -2.26. The summed E-state index contributed by atoms with van der Waals surface area (Å²) >= 11 is 0. The molecule has 0 aromatic carbocycles. The van der Waals surface area contributed by atoms with Gasteiger partial charge >= 0.3 is 0 Å². The van der Waals surface area contributed by atoms with Crippen molar-refractivity contribution in [2.45, 2.75) is 18.4 Å². The topological polar surface area (TPSA) is 92.2 Å². The Labute approximate surface area is 65.9 Å². The molecule has 0 heterocycles. The monoisotopic (exact) mass is 157 g/mol. The predicted octanol–water partition coefficient (Wildman–Crippen LogP) is -1.64. The fourth-order valence-corrected chi connectivity index (χ4v) is 0.682. The van der Waals surface area contributed by atoms with Crippen molar-refractivity contribution in [3.05, 3.63) is 12.7 Å². The van der Waals surface area contributed by atoms with Crippen LogP contribution in [0.5, 0.6) is 0 Å². The second-order valence-corrected chi connectivity index (χ2v) is 2.42. The second kappa shape index (κ2) is 4.10. The Bertz CT molecular complexity index is 159. The van der Waals surface area contributed by atoms with Crippen LogP contribution in [-0.2, 0) is 4.79 Å². The van der Waals surface area contributed by atoms with E-state index in [1.165, 1.54) is 6.08 Å². The average Bonchev–Trinajstić information content (AvgIpc) is 2.00. The highest BCUT2D eigenvalue weighted by Gasteiger charge is 2.20. The molecule has 0 saturated carbocycles. The van der Waals surface area contributed by atoms with E-state index in [1.807, 2.05) is 0 Å². The van der Waals surface area contributed by atoms with Gasteiger partial charge in [0.15, 0.2) is 0 Å². The molecule has 0 fully saturated rings. The molecular weight excluding hydrogens is 144 g/mol. The first-order chi connectivity index (χ1) is 5.06. The van der Waals surface area contributed by atoms with Gasteiger partial charge in [-0.1, -0.05) is 6.08 Å². The minimum atomic E-state index is -1.42. The molecule has 0 aliphatic rings. The van der Waals surface area contributed by atoms with Crippen LogP contribution >= 0.6 is 0 Å². The van der Waals surface area contributed by atoms with E-state index in [0.717, 1.165) is 0 Å². The third kappa shape index (κ3) is 2.69. The van der Waals surface area contributed by atoms with E-state index in [0.29, 0.717) is 13.0 Å². The van der Waals surface area contributed by atoms with Crippen molar-refractivity contribution in [3.8, 4) is 0 Å². The van der Waals surface area contributed by atoms with E-state index in [-0.39, 0.29) is 6.42 Å². The molecule has 0 saturated heterocycles.